The molecule has 234 valence electrons. The molecule has 1 unspecified atom stereocenters. The number of phenols is 2. The second-order valence-corrected chi connectivity index (χ2v) is 15.9. The molecule has 1 heterocycles. The summed E-state index contributed by atoms with van der Waals surface area (Å²) in [7, 11) is 1.70. The maximum atomic E-state index is 12.6. The van der Waals surface area contributed by atoms with E-state index >= 15 is 0 Å². The second-order valence-electron chi connectivity index (χ2n) is 15.9. The Morgan fingerprint density at radius 1 is 1.00 bits per heavy atom. The first-order valence-electron chi connectivity index (χ1n) is 16.3. The monoisotopic (exact) mass is 597 g/mol. The zero-order valence-corrected chi connectivity index (χ0v) is 27.2. The molecule has 3 fully saturated rings. The zero-order valence-electron chi connectivity index (χ0n) is 27.2. The van der Waals surface area contributed by atoms with Crippen molar-refractivity contribution in [2.24, 2.45) is 27.6 Å². The van der Waals surface area contributed by atoms with Crippen LogP contribution in [0.3, 0.4) is 0 Å². The minimum Gasteiger partial charge on any atom is -0.504 e. The van der Waals surface area contributed by atoms with Gasteiger partial charge in [0.1, 0.15) is 5.75 Å². The van der Waals surface area contributed by atoms with Gasteiger partial charge in [-0.1, -0.05) is 45.4 Å². The first kappa shape index (κ1) is 29.3. The van der Waals surface area contributed by atoms with Gasteiger partial charge in [0.15, 0.2) is 11.5 Å². The van der Waals surface area contributed by atoms with Crippen LogP contribution in [0, 0.1) is 34.5 Å². The molecule has 0 saturated heterocycles. The Morgan fingerprint density at radius 2 is 1.73 bits per heavy atom. The molecule has 3 saturated carbocycles. The number of aromatic amines is 1. The van der Waals surface area contributed by atoms with Crippen molar-refractivity contribution < 1.29 is 24.9 Å². The lowest BCUT2D eigenvalue weighted by Gasteiger charge is -2.70. The van der Waals surface area contributed by atoms with Gasteiger partial charge in [-0.3, -0.25) is 4.79 Å². The number of hydrogen-bond donors (Lipinski definition) is 4. The minimum absolute atomic E-state index is 0.0588. The summed E-state index contributed by atoms with van der Waals surface area (Å²) in [5, 5.41) is 33.4. The normalized spacial score (nSPS) is 37.8. The Labute approximate surface area is 260 Å². The number of benzene rings is 2. The standard InChI is InChI=1S/C38H47NO5/c1-21-30-22(23-20-39-25-9-8-10-27(44-7)31(23)25)17-28-36(4,24(30)18-26(40)32(21)41)14-16-38(6)29-19-35(3,33(42)43)12-11-34(29,2)13-15-37(28,38)5/h8-10,17-18,20,22,29,39-41H,11-16,19H2,1-7H3,(H,42,43)/t22?,29-,34-,35-,36+,37-,38+/m1/s1. The topological polar surface area (TPSA) is 103 Å². The summed E-state index contributed by atoms with van der Waals surface area (Å²) in [5.41, 5.74) is 5.17. The Kier molecular flexibility index (Phi) is 6.05. The molecule has 7 rings (SSSR count). The van der Waals surface area contributed by atoms with Gasteiger partial charge in [0, 0.05) is 28.4 Å². The van der Waals surface area contributed by atoms with E-state index in [-0.39, 0.29) is 45.0 Å². The predicted octanol–water partition coefficient (Wildman–Crippen LogP) is 8.72. The Balaban J connectivity index is 1.48. The summed E-state index contributed by atoms with van der Waals surface area (Å²) in [6, 6.07) is 7.87. The molecule has 0 bridgehead atoms. The van der Waals surface area contributed by atoms with Gasteiger partial charge in [0.2, 0.25) is 0 Å². The van der Waals surface area contributed by atoms with Crippen molar-refractivity contribution in [2.75, 3.05) is 7.11 Å². The fraction of sp³-hybridized carbons (Fsp3) is 0.553. The van der Waals surface area contributed by atoms with E-state index in [0.717, 1.165) is 71.9 Å². The molecule has 3 aromatic rings. The Hall–Kier alpha value is -3.41. The molecule has 0 aliphatic heterocycles. The van der Waals surface area contributed by atoms with Crippen molar-refractivity contribution in [1.29, 1.82) is 0 Å². The first-order chi connectivity index (χ1) is 20.6. The van der Waals surface area contributed by atoms with Crippen LogP contribution in [-0.4, -0.2) is 33.4 Å². The van der Waals surface area contributed by atoms with Crippen LogP contribution in [0.1, 0.15) is 108 Å². The van der Waals surface area contributed by atoms with Crippen LogP contribution >= 0.6 is 0 Å². The van der Waals surface area contributed by atoms with Crippen molar-refractivity contribution in [3.8, 4) is 17.2 Å². The number of allylic oxidation sites excluding steroid dienone is 2. The molecule has 6 nitrogen and oxygen atoms in total. The number of aromatic hydroxyl groups is 2. The molecule has 4 aliphatic carbocycles. The van der Waals surface area contributed by atoms with E-state index in [1.165, 1.54) is 5.57 Å². The summed E-state index contributed by atoms with van der Waals surface area (Å²) in [6.45, 7) is 13.6. The molecule has 0 amide bonds. The quantitative estimate of drug-likeness (QED) is 0.179. The summed E-state index contributed by atoms with van der Waals surface area (Å²) >= 11 is 0. The van der Waals surface area contributed by atoms with Crippen molar-refractivity contribution in [2.45, 2.75) is 97.8 Å². The van der Waals surface area contributed by atoms with Crippen molar-refractivity contribution in [1.82, 2.24) is 4.98 Å². The maximum absolute atomic E-state index is 12.6. The molecule has 0 radical (unpaired) electrons. The highest BCUT2D eigenvalue weighted by Gasteiger charge is 2.67. The average Bonchev–Trinajstić information content (AvgIpc) is 3.43. The van der Waals surface area contributed by atoms with Crippen LogP contribution in [0.4, 0.5) is 0 Å². The van der Waals surface area contributed by atoms with Crippen LogP contribution in [0.15, 0.2) is 42.1 Å². The fourth-order valence-corrected chi connectivity index (χ4v) is 10.8. The highest BCUT2D eigenvalue weighted by atomic mass is 16.5. The first-order valence-corrected chi connectivity index (χ1v) is 16.3. The van der Waals surface area contributed by atoms with Crippen LogP contribution in [0.2, 0.25) is 0 Å². The van der Waals surface area contributed by atoms with Gasteiger partial charge in [-0.2, -0.15) is 0 Å². The summed E-state index contributed by atoms with van der Waals surface area (Å²) in [5.74, 6) is 0.136. The molecule has 7 atom stereocenters. The number of ether oxygens (including phenoxy) is 1. The van der Waals surface area contributed by atoms with E-state index in [2.05, 4.69) is 51.0 Å². The van der Waals surface area contributed by atoms with E-state index in [1.807, 2.05) is 32.0 Å². The van der Waals surface area contributed by atoms with E-state index in [0.29, 0.717) is 12.0 Å². The molecule has 4 N–H and O–H groups in total. The average molecular weight is 598 g/mol. The number of nitrogens with one attached hydrogen (secondary N) is 1. The van der Waals surface area contributed by atoms with Gasteiger partial charge in [0.25, 0.3) is 0 Å². The lowest BCUT2D eigenvalue weighted by molar-refractivity contribution is -0.177. The minimum atomic E-state index is -0.705. The van der Waals surface area contributed by atoms with Gasteiger partial charge >= 0.3 is 5.97 Å². The Bertz CT molecular complexity index is 1750. The third-order valence-electron chi connectivity index (χ3n) is 13.9. The highest BCUT2D eigenvalue weighted by Crippen LogP contribution is 2.75. The lowest BCUT2D eigenvalue weighted by atomic mass is 9.34. The van der Waals surface area contributed by atoms with E-state index in [1.54, 1.807) is 7.11 Å². The molecule has 0 spiro atoms. The second kappa shape index (κ2) is 9.08. The van der Waals surface area contributed by atoms with Gasteiger partial charge in [-0.05, 0) is 121 Å². The molecule has 44 heavy (non-hydrogen) atoms. The number of H-pyrrole nitrogens is 1. The third-order valence-corrected chi connectivity index (χ3v) is 13.9. The molecule has 4 aliphatic rings. The van der Waals surface area contributed by atoms with Crippen LogP contribution < -0.4 is 4.74 Å². The number of phenolic OH excluding ortho intramolecular Hbond substituents is 2. The highest BCUT2D eigenvalue weighted by molar-refractivity contribution is 5.91. The molecular formula is C38H47NO5. The van der Waals surface area contributed by atoms with Gasteiger partial charge < -0.3 is 25.0 Å². The summed E-state index contributed by atoms with van der Waals surface area (Å²) < 4.78 is 5.86. The van der Waals surface area contributed by atoms with E-state index in [4.69, 9.17) is 4.74 Å². The molecule has 1 aromatic heterocycles. The predicted molar refractivity (Wildman–Crippen MR) is 173 cm³/mol. The largest absolute Gasteiger partial charge is 0.504 e. The SMILES string of the molecule is COc1cccc2[nH]cc(C3C=C4[C@@](C)(CC[C@@]5(C)[C@@H]6C[C@](C)(C(=O)O)CC[C@]6(C)CC[C@]45C)c4cc(O)c(O)c(C)c43)c12. The maximum Gasteiger partial charge on any atom is 0.309 e. The number of fused-ring (bicyclic) bond motifs is 8. The number of rotatable bonds is 3. The van der Waals surface area contributed by atoms with Gasteiger partial charge in [-0.25, -0.2) is 0 Å². The molecule has 2 aromatic carbocycles. The third kappa shape index (κ3) is 3.51. The molecular weight excluding hydrogens is 550 g/mol. The van der Waals surface area contributed by atoms with Crippen molar-refractivity contribution in [3.63, 3.8) is 0 Å². The number of carboxylic acid groups (broad SMARTS) is 1. The van der Waals surface area contributed by atoms with Crippen molar-refractivity contribution >= 4 is 16.9 Å². The smallest absolute Gasteiger partial charge is 0.309 e. The van der Waals surface area contributed by atoms with Gasteiger partial charge in [0.05, 0.1) is 12.5 Å². The van der Waals surface area contributed by atoms with Gasteiger partial charge in [-0.15, -0.1) is 0 Å². The number of aromatic nitrogens is 1. The number of aliphatic carboxylic acids is 1. The lowest BCUT2D eigenvalue weighted by Crippen LogP contribution is -2.62. The summed E-state index contributed by atoms with van der Waals surface area (Å²) in [4.78, 5) is 16.0. The Morgan fingerprint density at radius 3 is 2.43 bits per heavy atom. The van der Waals surface area contributed by atoms with E-state index < -0.39 is 11.4 Å². The number of carboxylic acids is 1. The number of hydrogen-bond acceptors (Lipinski definition) is 4. The fourth-order valence-electron chi connectivity index (χ4n) is 10.8. The van der Waals surface area contributed by atoms with Crippen molar-refractivity contribution in [3.05, 3.63) is 64.4 Å². The number of methoxy groups -OCH3 is 1. The van der Waals surface area contributed by atoms with Crippen LogP contribution in [-0.2, 0) is 10.2 Å². The van der Waals surface area contributed by atoms with Crippen LogP contribution in [0.5, 0.6) is 17.2 Å². The molecule has 6 heteroatoms. The number of carbonyl (C=O) groups is 1. The van der Waals surface area contributed by atoms with E-state index in [9.17, 15) is 20.1 Å². The zero-order chi connectivity index (χ0) is 31.6. The summed E-state index contributed by atoms with van der Waals surface area (Å²) in [6.07, 6.45) is 11.0. The van der Waals surface area contributed by atoms with Crippen LogP contribution in [0.25, 0.3) is 10.9 Å².